The number of ether oxygens (including phenoxy) is 10. The number of fused-ring (bicyclic) bond motifs is 2. The maximum Gasteiger partial charge on any atom is 0.513 e. The predicted molar refractivity (Wildman–Crippen MR) is 335 cm³/mol. The van der Waals surface area contributed by atoms with Gasteiger partial charge in [0.1, 0.15) is 37.9 Å². The molecule has 4 aliphatic carbocycles. The highest BCUT2D eigenvalue weighted by Gasteiger charge is 2.50. The second-order valence-electron chi connectivity index (χ2n) is 21.0. The van der Waals surface area contributed by atoms with Crippen LogP contribution in [0.3, 0.4) is 0 Å². The molecule has 2 saturated carbocycles. The topological polar surface area (TPSA) is 497 Å². The van der Waals surface area contributed by atoms with E-state index in [0.717, 1.165) is 85.4 Å². The number of nitro groups is 2. The van der Waals surface area contributed by atoms with Crippen molar-refractivity contribution in [2.24, 2.45) is 35.5 Å². The van der Waals surface area contributed by atoms with Crippen LogP contribution >= 0.6 is 0 Å². The Labute approximate surface area is 559 Å². The van der Waals surface area contributed by atoms with Crippen molar-refractivity contribution in [1.29, 1.82) is 0 Å². The lowest BCUT2D eigenvalue weighted by molar-refractivity contribution is -0.385. The van der Waals surface area contributed by atoms with E-state index < -0.39 is 80.2 Å². The molecule has 2 unspecified atom stereocenters. The molecular formula is C58H83N9O28S2. The van der Waals surface area contributed by atoms with Crippen LogP contribution in [0.5, 0.6) is 11.5 Å². The Morgan fingerprint density at radius 1 is 0.464 bits per heavy atom. The third kappa shape index (κ3) is 33.8. The predicted octanol–water partition coefficient (Wildman–Crippen LogP) is 1.68. The Morgan fingerprint density at radius 3 is 1.14 bits per heavy atom. The molecule has 4 amide bonds. The van der Waals surface area contributed by atoms with E-state index in [1.807, 2.05) is 0 Å². The lowest BCUT2D eigenvalue weighted by atomic mass is 10.1. The molecular weight excluding hydrogens is 1330 g/mol. The van der Waals surface area contributed by atoms with Gasteiger partial charge in [-0.25, -0.2) is 38.2 Å². The number of hydrogen-bond donors (Lipinski definition) is 9. The normalized spacial score (nSPS) is 17.8. The van der Waals surface area contributed by atoms with Gasteiger partial charge in [-0.3, -0.25) is 20.2 Å². The lowest BCUT2D eigenvalue weighted by Crippen LogP contribution is -2.42. The standard InChI is InChI=1S/C34H39N5O17S.C20H33N3O9S.C4H11NO2/c40-31(54-23-30-28-5-3-1-2-4-6-29(28)30)36-57(48,49)35-15-18-50-21-22-51-32(41)37(16-19-52-33(42)55-26-11-7-24(8-12-26)38(44)45)17-20-53-34(43)56-27-13-9-25(10-14-27)39(46)47;24-10-8-23(9-11-25)20(27)31-14-13-30-12-7-21-33(28,29)22-19(26)32-15-18-16-5-3-1-2-4-6-17(16)18;6-3-1-5-2-4-7/h7-14,28-30,35H,3-6,15-23H2,(H,36,40);16-18,21,24-25H,3-15H2,(H,22,26);5-7H,1-4H2/t28-,29+,30?;16-,17+,18?;. The minimum Gasteiger partial charge on any atom is -0.449 e. The van der Waals surface area contributed by atoms with Gasteiger partial charge in [0.25, 0.3) is 11.4 Å². The first kappa shape index (κ1) is 81.0. The number of nitro benzene ring substituents is 2. The number of carbonyl (C=O) groups excluding carboxylic acids is 6. The molecule has 0 spiro atoms. The van der Waals surface area contributed by atoms with E-state index in [2.05, 4.69) is 38.4 Å². The van der Waals surface area contributed by atoms with Crippen LogP contribution in [0.2, 0.25) is 0 Å². The first-order valence-corrected chi connectivity index (χ1v) is 33.7. The van der Waals surface area contributed by atoms with Crippen LogP contribution in [0.25, 0.3) is 0 Å². The van der Waals surface area contributed by atoms with Crippen LogP contribution < -0.4 is 33.7 Å². The van der Waals surface area contributed by atoms with E-state index in [1.165, 1.54) is 24.3 Å². The number of benzene rings is 2. The van der Waals surface area contributed by atoms with Gasteiger partial charge in [-0.1, -0.05) is 0 Å². The van der Waals surface area contributed by atoms with Crippen molar-refractivity contribution in [3.05, 3.63) is 68.8 Å². The highest BCUT2D eigenvalue weighted by molar-refractivity contribution is 7.88. The first-order valence-electron chi connectivity index (χ1n) is 30.7. The van der Waals surface area contributed by atoms with Gasteiger partial charge in [-0.2, -0.15) is 26.3 Å². The Kier molecular flexibility index (Phi) is 37.6. The summed E-state index contributed by atoms with van der Waals surface area (Å²) < 4.78 is 107. The van der Waals surface area contributed by atoms with Crippen LogP contribution in [0, 0.1) is 79.4 Å². The Bertz CT molecular complexity index is 3050. The summed E-state index contributed by atoms with van der Waals surface area (Å²) in [5.74, 6) is 14.6. The minimum atomic E-state index is -4.24. The largest absolute Gasteiger partial charge is 0.513 e. The summed E-state index contributed by atoms with van der Waals surface area (Å²) in [7, 11) is -8.33. The fourth-order valence-corrected chi connectivity index (χ4v) is 11.0. The summed E-state index contributed by atoms with van der Waals surface area (Å²) in [6.07, 6.45) is 0.940. The van der Waals surface area contributed by atoms with Crippen molar-refractivity contribution < 1.29 is 123 Å². The number of amides is 4. The Morgan fingerprint density at radius 2 is 0.814 bits per heavy atom. The summed E-state index contributed by atoms with van der Waals surface area (Å²) >= 11 is 0. The molecule has 9 N–H and O–H groups in total. The third-order valence-corrected chi connectivity index (χ3v) is 16.4. The number of aliphatic hydroxyl groups excluding tert-OH is 4. The smallest absolute Gasteiger partial charge is 0.449 e. The van der Waals surface area contributed by atoms with E-state index >= 15 is 0 Å². The van der Waals surface area contributed by atoms with Gasteiger partial charge in [0.15, 0.2) is 0 Å². The number of nitrogens with zero attached hydrogens (tertiary/aromatic N) is 4. The molecule has 0 aromatic heterocycles. The van der Waals surface area contributed by atoms with Crippen LogP contribution in [0.4, 0.5) is 40.1 Å². The second kappa shape index (κ2) is 45.1. The van der Waals surface area contributed by atoms with Gasteiger partial charge in [-0.15, -0.1) is 23.7 Å². The van der Waals surface area contributed by atoms with Crippen LogP contribution in [0.15, 0.2) is 48.5 Å². The van der Waals surface area contributed by atoms with Crippen LogP contribution in [-0.4, -0.2) is 238 Å². The maximum absolute atomic E-state index is 12.8. The molecule has 2 aromatic carbocycles. The van der Waals surface area contributed by atoms with Crippen molar-refractivity contribution in [3.63, 3.8) is 0 Å². The summed E-state index contributed by atoms with van der Waals surface area (Å²) in [5.41, 5.74) is -0.457. The number of carbonyl (C=O) groups is 6. The summed E-state index contributed by atoms with van der Waals surface area (Å²) in [4.78, 5) is 95.2. The molecule has 2 aromatic rings. The molecule has 6 atom stereocenters. The summed E-state index contributed by atoms with van der Waals surface area (Å²) in [6.45, 7) is -1.24. The van der Waals surface area contributed by atoms with E-state index in [0.29, 0.717) is 36.8 Å². The van der Waals surface area contributed by atoms with E-state index in [9.17, 15) is 65.8 Å². The zero-order valence-corrected chi connectivity index (χ0v) is 54.6. The SMILES string of the molecule is O=C(NS(=O)(=O)NCCOCCOC(=O)N(CCO)CCO)OCC1[C@H]2CCC#CCC[C@@H]12.O=C(NS(=O)(=O)NCCOCCOC(=O)N(CCOC(=O)Oc1ccc([N+](=O)[O-])cc1)CCOC(=O)Oc1ccc([N+](=O)[O-])cc1)OCC1[C@H]2CCC#CCC[C@@H]12.OCCNCCO. The highest BCUT2D eigenvalue weighted by atomic mass is 32.2. The number of aliphatic hydroxyl groups is 4. The molecule has 37 nitrogen and oxygen atoms in total. The van der Waals surface area contributed by atoms with Gasteiger partial charge in [0.05, 0.1) is 89.0 Å². The molecule has 4 aliphatic rings. The third-order valence-electron chi connectivity index (χ3n) is 14.4. The van der Waals surface area contributed by atoms with Crippen molar-refractivity contribution in [2.75, 3.05) is 145 Å². The van der Waals surface area contributed by atoms with Crippen molar-refractivity contribution in [1.82, 2.24) is 34.0 Å². The van der Waals surface area contributed by atoms with Crippen molar-refractivity contribution in [2.45, 2.75) is 51.4 Å². The van der Waals surface area contributed by atoms with Gasteiger partial charge in [-0.05, 0) is 85.5 Å². The number of hydrogen-bond acceptors (Lipinski definition) is 29. The number of non-ortho nitro benzene ring substituents is 2. The summed E-state index contributed by atoms with van der Waals surface area (Å²) in [6, 6.07) is 9.18. The van der Waals surface area contributed by atoms with E-state index in [1.54, 1.807) is 9.44 Å². The maximum atomic E-state index is 12.8. The van der Waals surface area contributed by atoms with Gasteiger partial charge >= 0.3 is 57.1 Å². The number of rotatable bonds is 38. The average molecular weight is 1420 g/mol. The average Bonchev–Trinajstić information content (AvgIpc) is 1.64. The molecule has 39 heteroatoms. The molecule has 0 radical (unpaired) electrons. The lowest BCUT2D eigenvalue weighted by Gasteiger charge is -2.21. The summed E-state index contributed by atoms with van der Waals surface area (Å²) in [5, 5.41) is 58.4. The molecule has 6 rings (SSSR count). The quantitative estimate of drug-likeness (QED) is 0.00878. The number of nitrogens with one attached hydrogen (secondary N) is 5. The molecule has 0 bridgehead atoms. The molecule has 540 valence electrons. The van der Waals surface area contributed by atoms with Crippen molar-refractivity contribution in [3.8, 4) is 35.2 Å². The Balaban J connectivity index is 0.000000420. The fraction of sp³-hybridized carbons (Fsp3) is 0.621. The molecule has 0 aliphatic heterocycles. The minimum absolute atomic E-state index is 0.0159. The molecule has 0 saturated heterocycles. The second-order valence-corrected chi connectivity index (χ2v) is 24.0. The molecule has 97 heavy (non-hydrogen) atoms. The molecule has 2 fully saturated rings. The molecule has 0 heterocycles. The zero-order chi connectivity index (χ0) is 70.9. The van der Waals surface area contributed by atoms with Crippen LogP contribution in [-0.2, 0) is 58.3 Å². The van der Waals surface area contributed by atoms with E-state index in [-0.39, 0.29) is 153 Å². The monoisotopic (exact) mass is 1420 g/mol. The first-order chi connectivity index (χ1) is 46.6. The van der Waals surface area contributed by atoms with Crippen molar-refractivity contribution >= 4 is 68.5 Å². The van der Waals surface area contributed by atoms with Gasteiger partial charge in [0.2, 0.25) is 0 Å². The van der Waals surface area contributed by atoms with Gasteiger partial charge in [0, 0.05) is 89.2 Å². The van der Waals surface area contributed by atoms with Gasteiger partial charge < -0.3 is 82.9 Å². The zero-order valence-electron chi connectivity index (χ0n) is 53.0. The highest BCUT2D eigenvalue weighted by Crippen LogP contribution is 2.53. The van der Waals surface area contributed by atoms with E-state index in [4.69, 9.17) is 67.8 Å². The Hall–Kier alpha value is -8.48. The van der Waals surface area contributed by atoms with Crippen LogP contribution in [0.1, 0.15) is 51.4 Å². The fourth-order valence-electron chi connectivity index (χ4n) is 9.63.